The summed E-state index contributed by atoms with van der Waals surface area (Å²) in [6.45, 7) is 6.74. The molecule has 3 atom stereocenters. The highest BCUT2D eigenvalue weighted by Crippen LogP contribution is 2.49. The number of rotatable bonds is 4. The second-order valence-electron chi connectivity index (χ2n) is 8.98. The molecule has 2 heteroatoms. The van der Waals surface area contributed by atoms with Crippen molar-refractivity contribution in [2.24, 2.45) is 17.8 Å². The van der Waals surface area contributed by atoms with Crippen LogP contribution in [0, 0.1) is 17.8 Å². The summed E-state index contributed by atoms with van der Waals surface area (Å²) in [5.74, 6) is 1.22. The van der Waals surface area contributed by atoms with Crippen LogP contribution in [0.1, 0.15) is 45.6 Å². The van der Waals surface area contributed by atoms with Crippen LogP contribution in [-0.4, -0.2) is 10.1 Å². The Morgan fingerprint density at radius 2 is 1.55 bits per heavy atom. The van der Waals surface area contributed by atoms with Crippen molar-refractivity contribution in [1.29, 1.82) is 0 Å². The smallest absolute Gasteiger partial charge is 0.0936 e. The van der Waals surface area contributed by atoms with Crippen LogP contribution in [0.2, 0.25) is 0 Å². The summed E-state index contributed by atoms with van der Waals surface area (Å²) >= 11 is 0. The van der Waals surface area contributed by atoms with Crippen LogP contribution in [0.15, 0.2) is 72.8 Å². The Balaban J connectivity index is 1.82. The maximum atomic E-state index is 12.0. The lowest BCUT2D eigenvalue weighted by molar-refractivity contribution is -0.0861. The van der Waals surface area contributed by atoms with E-state index in [1.165, 1.54) is 6.42 Å². The number of aliphatic hydroxyl groups is 1. The lowest BCUT2D eigenvalue weighted by Crippen LogP contribution is -2.43. The highest BCUT2D eigenvalue weighted by molar-refractivity contribution is 5.69. The van der Waals surface area contributed by atoms with Gasteiger partial charge in [0.2, 0.25) is 0 Å². The molecule has 0 unspecified atom stereocenters. The topological polar surface area (TPSA) is 33.1 Å². The zero-order valence-electron chi connectivity index (χ0n) is 17.7. The van der Waals surface area contributed by atoms with Gasteiger partial charge in [-0.2, -0.15) is 0 Å². The quantitative estimate of drug-likeness (QED) is 0.542. The Kier molecular flexibility index (Phi) is 5.56. The van der Waals surface area contributed by atoms with E-state index in [1.54, 1.807) is 0 Å². The highest BCUT2D eigenvalue weighted by Gasteiger charge is 2.45. The molecule has 0 bridgehead atoms. The molecule has 0 saturated heterocycles. The van der Waals surface area contributed by atoms with Crippen molar-refractivity contribution in [3.8, 4) is 22.5 Å². The summed E-state index contributed by atoms with van der Waals surface area (Å²) < 4.78 is 0. The lowest BCUT2D eigenvalue weighted by Gasteiger charge is -2.45. The van der Waals surface area contributed by atoms with Crippen molar-refractivity contribution in [2.75, 3.05) is 0 Å². The standard InChI is InChI=1S/C27H31NO/c1-19(2)23-17-16-20(3)18-27(23,29)24-13-8-7-12-22(24)26-15-9-14-25(28-26)21-10-5-4-6-11-21/h4-15,19-20,23,29H,16-18H2,1-3H3/t20-,23+,27+/m1/s1. The van der Waals surface area contributed by atoms with E-state index in [0.717, 1.165) is 40.9 Å². The predicted octanol–water partition coefficient (Wildman–Crippen LogP) is 6.70. The predicted molar refractivity (Wildman–Crippen MR) is 120 cm³/mol. The second kappa shape index (κ2) is 8.12. The Bertz CT molecular complexity index is 965. The van der Waals surface area contributed by atoms with E-state index < -0.39 is 5.60 Å². The molecular formula is C27H31NO. The van der Waals surface area contributed by atoms with Gasteiger partial charge in [-0.3, -0.25) is 0 Å². The number of nitrogens with zero attached hydrogens (tertiary/aromatic N) is 1. The number of hydrogen-bond donors (Lipinski definition) is 1. The molecule has 4 rings (SSSR count). The Labute approximate surface area is 174 Å². The van der Waals surface area contributed by atoms with Crippen molar-refractivity contribution in [3.05, 3.63) is 78.4 Å². The fraction of sp³-hybridized carbons (Fsp3) is 0.370. The van der Waals surface area contributed by atoms with Crippen LogP contribution in [0.5, 0.6) is 0 Å². The first-order valence-corrected chi connectivity index (χ1v) is 10.8. The minimum Gasteiger partial charge on any atom is -0.385 e. The molecule has 0 spiro atoms. The van der Waals surface area contributed by atoms with Crippen LogP contribution in [0.25, 0.3) is 22.5 Å². The molecule has 1 aromatic heterocycles. The van der Waals surface area contributed by atoms with Crippen LogP contribution in [0.4, 0.5) is 0 Å². The Hall–Kier alpha value is -2.45. The van der Waals surface area contributed by atoms with Crippen molar-refractivity contribution in [1.82, 2.24) is 4.98 Å². The molecular weight excluding hydrogens is 354 g/mol. The molecule has 1 N–H and O–H groups in total. The van der Waals surface area contributed by atoms with Crippen molar-refractivity contribution in [2.45, 2.75) is 45.6 Å². The summed E-state index contributed by atoms with van der Waals surface area (Å²) in [7, 11) is 0. The third-order valence-corrected chi connectivity index (χ3v) is 6.54. The van der Waals surface area contributed by atoms with Crippen LogP contribution in [-0.2, 0) is 5.60 Å². The third kappa shape index (κ3) is 3.86. The molecule has 0 radical (unpaired) electrons. The molecule has 1 heterocycles. The maximum absolute atomic E-state index is 12.0. The Morgan fingerprint density at radius 3 is 2.31 bits per heavy atom. The van der Waals surface area contributed by atoms with Gasteiger partial charge >= 0.3 is 0 Å². The molecule has 1 aliphatic rings. The minimum absolute atomic E-state index is 0.261. The first kappa shape index (κ1) is 19.8. The second-order valence-corrected chi connectivity index (χ2v) is 8.98. The molecule has 2 nitrogen and oxygen atoms in total. The summed E-state index contributed by atoms with van der Waals surface area (Å²) in [6, 6.07) is 24.8. The molecule has 1 aliphatic carbocycles. The lowest BCUT2D eigenvalue weighted by atomic mass is 9.63. The van der Waals surface area contributed by atoms with Gasteiger partial charge in [0.15, 0.2) is 0 Å². The van der Waals surface area contributed by atoms with E-state index in [-0.39, 0.29) is 5.92 Å². The SMILES string of the molecule is CC(C)[C@@H]1CC[C@@H](C)C[C@@]1(O)c1ccccc1-c1cccc(-c2ccccc2)n1. The fourth-order valence-corrected chi connectivity index (χ4v) is 5.12. The number of aromatic nitrogens is 1. The van der Waals surface area contributed by atoms with E-state index in [2.05, 4.69) is 75.4 Å². The van der Waals surface area contributed by atoms with Crippen molar-refractivity contribution in [3.63, 3.8) is 0 Å². The summed E-state index contributed by atoms with van der Waals surface area (Å²) in [5, 5.41) is 12.0. The van der Waals surface area contributed by atoms with Crippen molar-refractivity contribution >= 4 is 0 Å². The molecule has 1 saturated carbocycles. The zero-order chi connectivity index (χ0) is 20.4. The average molecular weight is 386 g/mol. The van der Waals surface area contributed by atoms with Gasteiger partial charge in [-0.05, 0) is 48.3 Å². The average Bonchev–Trinajstić information content (AvgIpc) is 2.74. The van der Waals surface area contributed by atoms with Crippen LogP contribution < -0.4 is 0 Å². The van der Waals surface area contributed by atoms with Gasteiger partial charge in [-0.15, -0.1) is 0 Å². The molecule has 0 aliphatic heterocycles. The summed E-state index contributed by atoms with van der Waals surface area (Å²) in [5.41, 5.74) is 4.26. The first-order chi connectivity index (χ1) is 14.0. The fourth-order valence-electron chi connectivity index (χ4n) is 5.12. The van der Waals surface area contributed by atoms with E-state index in [0.29, 0.717) is 11.8 Å². The van der Waals surface area contributed by atoms with Crippen molar-refractivity contribution < 1.29 is 5.11 Å². The minimum atomic E-state index is -0.813. The van der Waals surface area contributed by atoms with Gasteiger partial charge in [-0.25, -0.2) is 4.98 Å². The molecule has 3 aromatic rings. The van der Waals surface area contributed by atoms with Gasteiger partial charge in [0.25, 0.3) is 0 Å². The zero-order valence-corrected chi connectivity index (χ0v) is 17.7. The first-order valence-electron chi connectivity index (χ1n) is 10.8. The molecule has 2 aromatic carbocycles. The molecule has 0 amide bonds. The van der Waals surface area contributed by atoms with E-state index in [1.807, 2.05) is 18.2 Å². The number of hydrogen-bond acceptors (Lipinski definition) is 2. The molecule has 1 fully saturated rings. The monoisotopic (exact) mass is 385 g/mol. The van der Waals surface area contributed by atoms with Gasteiger partial charge < -0.3 is 5.11 Å². The third-order valence-electron chi connectivity index (χ3n) is 6.54. The normalized spacial score (nSPS) is 24.6. The van der Waals surface area contributed by atoms with E-state index in [4.69, 9.17) is 4.98 Å². The largest absolute Gasteiger partial charge is 0.385 e. The maximum Gasteiger partial charge on any atom is 0.0936 e. The Morgan fingerprint density at radius 1 is 0.862 bits per heavy atom. The van der Waals surface area contributed by atoms with Gasteiger partial charge in [-0.1, -0.05) is 87.9 Å². The summed E-state index contributed by atoms with van der Waals surface area (Å²) in [6.07, 6.45) is 3.07. The van der Waals surface area contributed by atoms with Crippen LogP contribution >= 0.6 is 0 Å². The summed E-state index contributed by atoms with van der Waals surface area (Å²) in [4.78, 5) is 4.98. The van der Waals surface area contributed by atoms with Gasteiger partial charge in [0, 0.05) is 11.1 Å². The van der Waals surface area contributed by atoms with E-state index in [9.17, 15) is 5.11 Å². The molecule has 150 valence electrons. The molecule has 29 heavy (non-hydrogen) atoms. The number of pyridine rings is 1. The van der Waals surface area contributed by atoms with E-state index >= 15 is 0 Å². The van der Waals surface area contributed by atoms with Gasteiger partial charge in [0.05, 0.1) is 17.0 Å². The van der Waals surface area contributed by atoms with Crippen LogP contribution in [0.3, 0.4) is 0 Å². The number of benzene rings is 2. The highest BCUT2D eigenvalue weighted by atomic mass is 16.3. The van der Waals surface area contributed by atoms with Gasteiger partial charge in [0.1, 0.15) is 0 Å².